The summed E-state index contributed by atoms with van der Waals surface area (Å²) in [4.78, 5) is 36.1. The van der Waals surface area contributed by atoms with Gasteiger partial charge in [-0.25, -0.2) is 0 Å². The lowest BCUT2D eigenvalue weighted by molar-refractivity contribution is -0.384. The van der Waals surface area contributed by atoms with Gasteiger partial charge in [0.2, 0.25) is 5.91 Å². The van der Waals surface area contributed by atoms with E-state index in [0.29, 0.717) is 28.7 Å². The zero-order chi connectivity index (χ0) is 25.5. The summed E-state index contributed by atoms with van der Waals surface area (Å²) in [5, 5.41) is 25.4. The number of carbonyl (C=O) groups excluding carboxylic acids is 2. The third kappa shape index (κ3) is 6.44. The normalized spacial score (nSPS) is 12.7. The second-order valence-corrected chi connectivity index (χ2v) is 9.44. The number of hydrogen-bond acceptors (Lipinski definition) is 7. The SMILES string of the molecule is CC[C@@H](Sc1nnc([C@H](NC(=O)c2ccccc2)C(C)C)n1C)C(=O)Nc1cccc([N+](=O)[O-])c1. The molecular weight excluding hydrogens is 468 g/mol. The van der Waals surface area contributed by atoms with Gasteiger partial charge in [0.1, 0.15) is 0 Å². The fraction of sp³-hybridized carbons (Fsp3) is 0.333. The molecule has 2 N–H and O–H groups in total. The number of nitro groups is 1. The Bertz CT molecular complexity index is 1200. The van der Waals surface area contributed by atoms with Crippen LogP contribution in [0.25, 0.3) is 0 Å². The van der Waals surface area contributed by atoms with Crippen LogP contribution >= 0.6 is 11.8 Å². The second kappa shape index (κ2) is 11.6. The van der Waals surface area contributed by atoms with E-state index in [2.05, 4.69) is 20.8 Å². The fourth-order valence-corrected chi connectivity index (χ4v) is 4.34. The van der Waals surface area contributed by atoms with Crippen LogP contribution in [0.2, 0.25) is 0 Å². The summed E-state index contributed by atoms with van der Waals surface area (Å²) in [6.45, 7) is 5.84. The van der Waals surface area contributed by atoms with E-state index in [0.717, 1.165) is 0 Å². The summed E-state index contributed by atoms with van der Waals surface area (Å²) in [7, 11) is 1.80. The van der Waals surface area contributed by atoms with Gasteiger partial charge in [-0.15, -0.1) is 10.2 Å². The van der Waals surface area contributed by atoms with Gasteiger partial charge in [0.15, 0.2) is 11.0 Å². The summed E-state index contributed by atoms with van der Waals surface area (Å²) in [5.74, 6) is 0.132. The first kappa shape index (κ1) is 25.9. The number of anilines is 1. The molecule has 0 fully saturated rings. The molecule has 35 heavy (non-hydrogen) atoms. The number of amides is 2. The summed E-state index contributed by atoms with van der Waals surface area (Å²) in [5.41, 5.74) is 0.808. The minimum absolute atomic E-state index is 0.0440. The number of hydrogen-bond donors (Lipinski definition) is 2. The molecule has 0 saturated heterocycles. The Labute approximate surface area is 207 Å². The minimum Gasteiger partial charge on any atom is -0.342 e. The number of nitrogens with zero attached hydrogens (tertiary/aromatic N) is 4. The van der Waals surface area contributed by atoms with Crippen LogP contribution in [-0.4, -0.2) is 36.8 Å². The summed E-state index contributed by atoms with van der Waals surface area (Å²) in [6, 6.07) is 14.4. The van der Waals surface area contributed by atoms with Gasteiger partial charge in [-0.1, -0.05) is 56.8 Å². The van der Waals surface area contributed by atoms with Gasteiger partial charge in [0, 0.05) is 30.4 Å². The average molecular weight is 497 g/mol. The van der Waals surface area contributed by atoms with Crippen LogP contribution in [0.3, 0.4) is 0 Å². The Morgan fingerprint density at radius 3 is 2.46 bits per heavy atom. The molecule has 0 saturated carbocycles. The summed E-state index contributed by atoms with van der Waals surface area (Å²) < 4.78 is 1.78. The van der Waals surface area contributed by atoms with Gasteiger partial charge in [0.25, 0.3) is 11.6 Å². The van der Waals surface area contributed by atoms with E-state index in [-0.39, 0.29) is 29.5 Å². The molecular formula is C24H28N6O4S. The monoisotopic (exact) mass is 496 g/mol. The van der Waals surface area contributed by atoms with Crippen molar-refractivity contribution in [1.82, 2.24) is 20.1 Å². The maximum Gasteiger partial charge on any atom is 0.271 e. The molecule has 0 bridgehead atoms. The Morgan fingerprint density at radius 2 is 1.83 bits per heavy atom. The summed E-state index contributed by atoms with van der Waals surface area (Å²) in [6.07, 6.45) is 0.506. The number of aromatic nitrogens is 3. The molecule has 11 heteroatoms. The van der Waals surface area contributed by atoms with Crippen molar-refractivity contribution in [3.05, 3.63) is 76.1 Å². The molecule has 0 aliphatic rings. The number of rotatable bonds is 10. The van der Waals surface area contributed by atoms with Gasteiger partial charge in [-0.3, -0.25) is 19.7 Å². The summed E-state index contributed by atoms with van der Waals surface area (Å²) >= 11 is 1.25. The van der Waals surface area contributed by atoms with E-state index in [9.17, 15) is 19.7 Å². The molecule has 0 aliphatic carbocycles. The molecule has 2 amide bonds. The number of carbonyl (C=O) groups is 2. The first-order chi connectivity index (χ1) is 16.7. The van der Waals surface area contributed by atoms with Crippen molar-refractivity contribution in [2.45, 2.75) is 43.6 Å². The van der Waals surface area contributed by atoms with Crippen molar-refractivity contribution >= 4 is 35.0 Å². The topological polar surface area (TPSA) is 132 Å². The molecule has 184 valence electrons. The number of nitrogens with one attached hydrogen (secondary N) is 2. The van der Waals surface area contributed by atoms with Crippen LogP contribution in [0, 0.1) is 16.0 Å². The molecule has 2 aromatic carbocycles. The molecule has 2 atom stereocenters. The Balaban J connectivity index is 1.74. The van der Waals surface area contributed by atoms with Crippen LogP contribution in [0.15, 0.2) is 59.8 Å². The number of benzene rings is 2. The number of nitro benzene ring substituents is 1. The third-order valence-electron chi connectivity index (χ3n) is 5.37. The van der Waals surface area contributed by atoms with E-state index in [4.69, 9.17) is 0 Å². The largest absolute Gasteiger partial charge is 0.342 e. The highest BCUT2D eigenvalue weighted by Crippen LogP contribution is 2.29. The highest BCUT2D eigenvalue weighted by atomic mass is 32.2. The second-order valence-electron chi connectivity index (χ2n) is 8.27. The Kier molecular flexibility index (Phi) is 8.58. The van der Waals surface area contributed by atoms with E-state index >= 15 is 0 Å². The standard InChI is InChI=1S/C24H28N6O4S/c1-5-19(23(32)25-17-12-9-13-18(14-17)30(33)34)35-24-28-27-21(29(24)4)20(15(2)3)26-22(31)16-10-7-6-8-11-16/h6-15,19-20H,5H2,1-4H3,(H,25,32)(H,26,31)/t19-,20-/m1/s1. The molecule has 1 heterocycles. The van der Waals surface area contributed by atoms with Crippen molar-refractivity contribution in [2.24, 2.45) is 13.0 Å². The molecule has 0 radical (unpaired) electrons. The van der Waals surface area contributed by atoms with Crippen molar-refractivity contribution in [3.63, 3.8) is 0 Å². The zero-order valence-corrected chi connectivity index (χ0v) is 20.8. The highest BCUT2D eigenvalue weighted by Gasteiger charge is 2.27. The van der Waals surface area contributed by atoms with Crippen molar-refractivity contribution < 1.29 is 14.5 Å². The van der Waals surface area contributed by atoms with Crippen LogP contribution in [0.5, 0.6) is 0 Å². The molecule has 3 rings (SSSR count). The zero-order valence-electron chi connectivity index (χ0n) is 20.0. The van der Waals surface area contributed by atoms with Crippen molar-refractivity contribution in [3.8, 4) is 0 Å². The van der Waals surface area contributed by atoms with Crippen LogP contribution in [0.1, 0.15) is 49.4 Å². The van der Waals surface area contributed by atoms with Gasteiger partial charge in [-0.05, 0) is 30.5 Å². The molecule has 1 aromatic heterocycles. The lowest BCUT2D eigenvalue weighted by atomic mass is 10.0. The quantitative estimate of drug-likeness (QED) is 0.242. The van der Waals surface area contributed by atoms with Crippen LogP contribution in [0.4, 0.5) is 11.4 Å². The van der Waals surface area contributed by atoms with Crippen molar-refractivity contribution in [2.75, 3.05) is 5.32 Å². The smallest absolute Gasteiger partial charge is 0.271 e. The van der Waals surface area contributed by atoms with Crippen LogP contribution < -0.4 is 10.6 Å². The predicted molar refractivity (Wildman–Crippen MR) is 134 cm³/mol. The molecule has 0 aliphatic heterocycles. The first-order valence-electron chi connectivity index (χ1n) is 11.2. The molecule has 10 nitrogen and oxygen atoms in total. The third-order valence-corrected chi connectivity index (χ3v) is 6.77. The van der Waals surface area contributed by atoms with Crippen LogP contribution in [-0.2, 0) is 11.8 Å². The lowest BCUT2D eigenvalue weighted by Crippen LogP contribution is -2.33. The van der Waals surface area contributed by atoms with E-state index in [1.807, 2.05) is 26.8 Å². The molecule has 3 aromatic rings. The van der Waals surface area contributed by atoms with E-state index in [1.165, 1.54) is 30.0 Å². The van der Waals surface area contributed by atoms with Crippen molar-refractivity contribution in [1.29, 1.82) is 0 Å². The average Bonchev–Trinajstić information content (AvgIpc) is 3.20. The highest BCUT2D eigenvalue weighted by molar-refractivity contribution is 8.00. The molecule has 0 spiro atoms. The Hall–Kier alpha value is -3.73. The van der Waals surface area contributed by atoms with Gasteiger partial charge < -0.3 is 15.2 Å². The predicted octanol–water partition coefficient (Wildman–Crippen LogP) is 4.36. The lowest BCUT2D eigenvalue weighted by Gasteiger charge is -2.22. The maximum absolute atomic E-state index is 12.9. The first-order valence-corrected chi connectivity index (χ1v) is 12.1. The molecule has 0 unspecified atom stereocenters. The van der Waals surface area contributed by atoms with E-state index < -0.39 is 10.2 Å². The van der Waals surface area contributed by atoms with Gasteiger partial charge in [0.05, 0.1) is 16.2 Å². The number of thioether (sulfide) groups is 1. The minimum atomic E-state index is -0.509. The number of non-ortho nitro benzene ring substituents is 1. The maximum atomic E-state index is 12.9. The van der Waals surface area contributed by atoms with Gasteiger partial charge in [-0.2, -0.15) is 0 Å². The van der Waals surface area contributed by atoms with E-state index in [1.54, 1.807) is 41.9 Å². The Morgan fingerprint density at radius 1 is 1.11 bits per heavy atom. The van der Waals surface area contributed by atoms with Gasteiger partial charge >= 0.3 is 0 Å². The fourth-order valence-electron chi connectivity index (χ4n) is 3.41.